The number of hydrogen-bond acceptors (Lipinski definition) is 7. The number of alkyl halides is 2. The molecule has 268 valence electrons. The number of benzene rings is 4. The lowest BCUT2D eigenvalue weighted by Crippen LogP contribution is -2.60. The van der Waals surface area contributed by atoms with E-state index in [-0.39, 0.29) is 52.1 Å². The number of imide groups is 2. The molecule has 53 heavy (non-hydrogen) atoms. The van der Waals surface area contributed by atoms with Crippen LogP contribution in [-0.4, -0.2) is 51.4 Å². The van der Waals surface area contributed by atoms with Crippen molar-refractivity contribution in [2.75, 3.05) is 16.9 Å². The molecule has 0 aromatic heterocycles. The highest BCUT2D eigenvalue weighted by molar-refractivity contribution is 6.58. The standard InChI is InChI=1S/C40H28Cl3FN2O7/c1-53-30-18-22(17-29(41)34(30)48)32-26-15-16-27-31(28(26)19-39(42)37(51)46(38(52)40(32,39)43)25-13-9-23(44)10-14-25)36(50)45(35(27)49)24-11-7-21(8-12-24)33(47)20-5-3-2-4-6-20/h2-15,17-18,27-28,31-32,48H,16,19H2,1H3/t27-,28+,31-,32-,39+,40-/m0/s1. The number of phenols is 1. The Kier molecular flexibility index (Phi) is 8.29. The zero-order chi connectivity index (χ0) is 37.6. The molecule has 9 nitrogen and oxygen atoms in total. The molecule has 2 saturated heterocycles. The van der Waals surface area contributed by atoms with E-state index in [1.807, 2.05) is 0 Å². The van der Waals surface area contributed by atoms with Crippen LogP contribution in [0.1, 0.15) is 40.2 Å². The van der Waals surface area contributed by atoms with Crippen LogP contribution in [0.25, 0.3) is 0 Å². The SMILES string of the molecule is COc1cc([C@H]2C3=CC[C@@H]4C(=O)N(c5ccc(C(=O)c6ccccc6)cc5)C(=O)[C@@H]4[C@@H]3C[C@@]3(Cl)C(=O)N(c4ccc(F)cc4)C(=O)[C@@]23Cl)cc(Cl)c1O. The number of ether oxygens (including phenoxy) is 1. The van der Waals surface area contributed by atoms with Gasteiger partial charge in [0.2, 0.25) is 11.8 Å². The number of carbonyl (C=O) groups excluding carboxylic acids is 5. The number of halogens is 4. The normalized spacial score (nSPS) is 27.7. The maximum Gasteiger partial charge on any atom is 0.258 e. The van der Waals surface area contributed by atoms with Crippen LogP contribution in [0.15, 0.2) is 103 Å². The van der Waals surface area contributed by atoms with E-state index in [9.17, 15) is 33.5 Å². The van der Waals surface area contributed by atoms with Crippen LogP contribution in [0.2, 0.25) is 5.02 Å². The van der Waals surface area contributed by atoms with E-state index in [4.69, 9.17) is 39.5 Å². The number of phenolic OH excluding ortho intramolecular Hbond substituents is 1. The Morgan fingerprint density at radius 1 is 0.830 bits per heavy atom. The number of amides is 4. The number of nitrogens with zero attached hydrogens (tertiary/aromatic N) is 2. The Morgan fingerprint density at radius 2 is 1.45 bits per heavy atom. The first-order valence-corrected chi connectivity index (χ1v) is 17.8. The van der Waals surface area contributed by atoms with E-state index in [1.54, 1.807) is 60.7 Å². The lowest BCUT2D eigenvalue weighted by molar-refractivity contribution is -0.125. The molecule has 0 bridgehead atoms. The summed E-state index contributed by atoms with van der Waals surface area (Å²) in [5.74, 6) is -7.84. The van der Waals surface area contributed by atoms with Crippen molar-refractivity contribution in [1.82, 2.24) is 0 Å². The van der Waals surface area contributed by atoms with Crippen LogP contribution in [0, 0.1) is 23.6 Å². The van der Waals surface area contributed by atoms with Crippen LogP contribution in [0.3, 0.4) is 0 Å². The maximum absolute atomic E-state index is 14.6. The van der Waals surface area contributed by atoms with Crippen molar-refractivity contribution < 1.29 is 38.2 Å². The highest BCUT2D eigenvalue weighted by atomic mass is 35.5. The second-order valence-corrected chi connectivity index (χ2v) is 15.2. The predicted molar refractivity (Wildman–Crippen MR) is 195 cm³/mol. The summed E-state index contributed by atoms with van der Waals surface area (Å²) in [5, 5.41) is 10.5. The fraction of sp³-hybridized carbons (Fsp3) is 0.225. The van der Waals surface area contributed by atoms with Crippen LogP contribution >= 0.6 is 34.8 Å². The van der Waals surface area contributed by atoms with Crippen LogP contribution in [0.4, 0.5) is 15.8 Å². The summed E-state index contributed by atoms with van der Waals surface area (Å²) >= 11 is 21.3. The molecule has 8 rings (SSSR count). The molecule has 4 aliphatic rings. The zero-order valence-electron chi connectivity index (χ0n) is 27.8. The minimum absolute atomic E-state index is 0.0380. The van der Waals surface area contributed by atoms with Gasteiger partial charge in [0.05, 0.1) is 35.3 Å². The summed E-state index contributed by atoms with van der Waals surface area (Å²) in [6.45, 7) is 0. The number of rotatable bonds is 6. The molecule has 3 fully saturated rings. The summed E-state index contributed by atoms with van der Waals surface area (Å²) < 4.78 is 19.3. The van der Waals surface area contributed by atoms with E-state index in [1.165, 1.54) is 31.4 Å². The third kappa shape index (κ3) is 4.99. The van der Waals surface area contributed by atoms with Gasteiger partial charge in [0, 0.05) is 17.0 Å². The van der Waals surface area contributed by atoms with Gasteiger partial charge in [0.1, 0.15) is 5.82 Å². The Hall–Kier alpha value is -5.03. The quantitative estimate of drug-likeness (QED) is 0.0953. The number of fused-ring (bicyclic) bond motifs is 4. The largest absolute Gasteiger partial charge is 0.503 e. The first-order valence-electron chi connectivity index (χ1n) is 16.7. The van der Waals surface area contributed by atoms with Gasteiger partial charge in [0.15, 0.2) is 27.0 Å². The van der Waals surface area contributed by atoms with E-state index in [0.29, 0.717) is 16.7 Å². The summed E-state index contributed by atoms with van der Waals surface area (Å²) in [5.41, 5.74) is 1.93. The molecule has 4 aromatic carbocycles. The van der Waals surface area contributed by atoms with Crippen molar-refractivity contribution in [3.63, 3.8) is 0 Å². The minimum atomic E-state index is -2.20. The highest BCUT2D eigenvalue weighted by Gasteiger charge is 2.76. The molecule has 0 radical (unpaired) electrons. The van der Waals surface area contributed by atoms with Crippen LogP contribution in [0.5, 0.6) is 11.5 Å². The van der Waals surface area contributed by atoms with E-state index in [2.05, 4.69) is 0 Å². The number of methoxy groups -OCH3 is 1. The number of aromatic hydroxyl groups is 1. The molecule has 1 saturated carbocycles. The van der Waals surface area contributed by atoms with Gasteiger partial charge in [-0.3, -0.25) is 28.9 Å². The van der Waals surface area contributed by atoms with Gasteiger partial charge in [-0.1, -0.05) is 53.6 Å². The van der Waals surface area contributed by atoms with E-state index in [0.717, 1.165) is 21.9 Å². The third-order valence-corrected chi connectivity index (χ3v) is 12.6. The van der Waals surface area contributed by atoms with Crippen LogP contribution < -0.4 is 14.5 Å². The molecule has 0 unspecified atom stereocenters. The Bertz CT molecular complexity index is 2280. The van der Waals surface area contributed by atoms with Crippen molar-refractivity contribution >= 4 is 75.6 Å². The van der Waals surface area contributed by atoms with Gasteiger partial charge < -0.3 is 9.84 Å². The zero-order valence-corrected chi connectivity index (χ0v) is 30.0. The molecular formula is C40H28Cl3FN2O7. The van der Waals surface area contributed by atoms with Gasteiger partial charge in [-0.15, -0.1) is 23.2 Å². The van der Waals surface area contributed by atoms with Gasteiger partial charge >= 0.3 is 0 Å². The number of ketones is 1. The first kappa shape index (κ1) is 35.0. The van der Waals surface area contributed by atoms with E-state index < -0.39 is 62.9 Å². The smallest absolute Gasteiger partial charge is 0.258 e. The lowest BCUT2D eigenvalue weighted by atomic mass is 9.56. The highest BCUT2D eigenvalue weighted by Crippen LogP contribution is 2.66. The molecule has 6 atom stereocenters. The second-order valence-electron chi connectivity index (χ2n) is 13.6. The Balaban J connectivity index is 1.22. The molecule has 2 heterocycles. The topological polar surface area (TPSA) is 121 Å². The molecule has 4 amide bonds. The monoisotopic (exact) mass is 772 g/mol. The molecule has 2 aliphatic carbocycles. The molecule has 13 heteroatoms. The van der Waals surface area contributed by atoms with Gasteiger partial charge in [-0.2, -0.15) is 0 Å². The van der Waals surface area contributed by atoms with Crippen molar-refractivity contribution in [3.05, 3.63) is 130 Å². The van der Waals surface area contributed by atoms with Gasteiger partial charge in [-0.25, -0.2) is 9.29 Å². The van der Waals surface area contributed by atoms with Crippen molar-refractivity contribution in [2.24, 2.45) is 17.8 Å². The number of hydrogen-bond donors (Lipinski definition) is 1. The van der Waals surface area contributed by atoms with E-state index >= 15 is 0 Å². The fourth-order valence-corrected chi connectivity index (χ4v) is 9.62. The second kappa shape index (κ2) is 12.5. The first-order chi connectivity index (χ1) is 25.3. The molecular weight excluding hydrogens is 746 g/mol. The summed E-state index contributed by atoms with van der Waals surface area (Å²) in [6, 6.07) is 22.4. The lowest BCUT2D eigenvalue weighted by Gasteiger charge is -2.50. The Morgan fingerprint density at radius 3 is 2.11 bits per heavy atom. The summed E-state index contributed by atoms with van der Waals surface area (Å²) in [4.78, 5) is 68.2. The minimum Gasteiger partial charge on any atom is -0.503 e. The molecule has 4 aromatic rings. The number of carbonyl (C=O) groups is 5. The maximum atomic E-state index is 14.6. The number of anilines is 2. The average molecular weight is 774 g/mol. The van der Waals surface area contributed by atoms with Crippen molar-refractivity contribution in [2.45, 2.75) is 28.5 Å². The molecule has 2 aliphatic heterocycles. The van der Waals surface area contributed by atoms with Crippen molar-refractivity contribution in [1.29, 1.82) is 0 Å². The molecule has 0 spiro atoms. The fourth-order valence-electron chi connectivity index (χ4n) is 8.46. The van der Waals surface area contributed by atoms with Crippen molar-refractivity contribution in [3.8, 4) is 11.5 Å². The average Bonchev–Trinajstić information content (AvgIpc) is 3.50. The molecule has 1 N–H and O–H groups in total. The Labute approximate surface area is 317 Å². The van der Waals surface area contributed by atoms with Crippen LogP contribution in [-0.2, 0) is 19.2 Å². The third-order valence-electron chi connectivity index (χ3n) is 10.9. The summed E-state index contributed by atoms with van der Waals surface area (Å²) in [6.07, 6.45) is 1.58. The summed E-state index contributed by atoms with van der Waals surface area (Å²) in [7, 11) is 1.31. The number of allylic oxidation sites excluding steroid dienone is 2. The van der Waals surface area contributed by atoms with Gasteiger partial charge in [-0.05, 0) is 85.0 Å². The van der Waals surface area contributed by atoms with Gasteiger partial charge in [0.25, 0.3) is 11.8 Å². The predicted octanol–water partition coefficient (Wildman–Crippen LogP) is 7.19.